The Balaban J connectivity index is 0.000000170. The number of carboxylic acid groups (broad SMARTS) is 1. The molecule has 0 spiro atoms. The summed E-state index contributed by atoms with van der Waals surface area (Å²) in [6.07, 6.45) is 37.7. The Hall–Kier alpha value is -13.7. The number of ether oxygens (including phenoxy) is 5. The van der Waals surface area contributed by atoms with Crippen LogP contribution in [0.1, 0.15) is 104 Å². The Labute approximate surface area is 742 Å². The lowest BCUT2D eigenvalue weighted by atomic mass is 10.0. The predicted molar refractivity (Wildman–Crippen MR) is 469 cm³/mol. The van der Waals surface area contributed by atoms with Crippen LogP contribution in [0.2, 0.25) is 15.7 Å². The van der Waals surface area contributed by atoms with E-state index in [1.807, 2.05) is 59.2 Å². The van der Waals surface area contributed by atoms with E-state index in [1.165, 1.54) is 91.9 Å². The van der Waals surface area contributed by atoms with Crippen LogP contribution in [0.25, 0.3) is 0 Å². The lowest BCUT2D eigenvalue weighted by molar-refractivity contribution is -0.112. The first-order chi connectivity index (χ1) is 60.4. The summed E-state index contributed by atoms with van der Waals surface area (Å²) >= 11 is 16.3. The van der Waals surface area contributed by atoms with Crippen LogP contribution in [0.15, 0.2) is 197 Å². The number of amides is 4. The Morgan fingerprint density at radius 2 is 0.913 bits per heavy atom. The molecule has 2 aromatic carbocycles. The maximum atomic E-state index is 12.9. The van der Waals surface area contributed by atoms with Gasteiger partial charge in [-0.05, 0) is 161 Å². The number of carboxylic acids is 1. The molecule has 41 heteroatoms. The molecule has 4 aliphatic rings. The second kappa shape index (κ2) is 49.0. The molecule has 3 aliphatic heterocycles. The number of nitrogens with two attached hydrogens (primary N) is 1. The molecule has 7 N–H and O–H groups in total. The second-order valence-electron chi connectivity index (χ2n) is 29.8. The van der Waals surface area contributed by atoms with E-state index in [4.69, 9.17) is 74.4 Å². The number of likely N-dealkylation sites (tertiary alicyclic amines) is 2. The summed E-state index contributed by atoms with van der Waals surface area (Å²) in [7, 11) is 9.09. The molecule has 1 saturated carbocycles. The third kappa shape index (κ3) is 34.9. The van der Waals surface area contributed by atoms with Crippen molar-refractivity contribution in [1.82, 2.24) is 114 Å². The summed E-state index contributed by atoms with van der Waals surface area (Å²) in [6, 6.07) is 21.3. The molecule has 0 radical (unpaired) electrons. The zero-order valence-corrected chi connectivity index (χ0v) is 73.2. The lowest BCUT2D eigenvalue weighted by Gasteiger charge is -2.24. The molecule has 38 nitrogen and oxygen atoms in total. The lowest BCUT2D eigenvalue weighted by Crippen LogP contribution is -2.36. The minimum Gasteiger partial charge on any atom is -0.505 e. The SMILES string of the molecule is C=CC(=O)Nc1ccc(C(=O)N2CC[C@@H](Cc3nccc(Oc4cnn(C)c4)n3)C2)cc1.C=CC(=O)Nc1ccc(C(=O)O)cc1.CC(C)(C)OC(=O)N1CC[C@@H](N)C1.Clc1ccnc(Cl)n1.Cn1cc(O)cn1.Cn1cc(Oc2ccnc(CC3CCCC3)n2)cn1.Cn1cc(Oc2ccnc(C[C@@H]3CCNC3)n2)cn1.Cn1cc(Oc2ccnc(Cl)n2)cn1. The molecule has 0 unspecified atom stereocenters. The Morgan fingerprint density at radius 1 is 0.500 bits per heavy atom. The quantitative estimate of drug-likeness (QED) is 0.0234. The smallest absolute Gasteiger partial charge is 0.410 e. The molecule has 16 rings (SSSR count). The van der Waals surface area contributed by atoms with E-state index >= 15 is 0 Å². The first kappa shape index (κ1) is 96.1. The van der Waals surface area contributed by atoms with Gasteiger partial charge in [-0.15, -0.1) is 0 Å². The molecule has 0 bridgehead atoms. The third-order valence-electron chi connectivity index (χ3n) is 18.2. The highest BCUT2D eigenvalue weighted by Gasteiger charge is 2.30. The van der Waals surface area contributed by atoms with Gasteiger partial charge < -0.3 is 65.4 Å². The second-order valence-corrected chi connectivity index (χ2v) is 30.8. The average molecular weight is 1790 g/mol. The monoisotopic (exact) mass is 1780 g/mol. The number of hydrogen-bond acceptors (Lipinski definition) is 28. The van der Waals surface area contributed by atoms with Crippen molar-refractivity contribution < 1.29 is 57.9 Å². The first-order valence-corrected chi connectivity index (χ1v) is 41.0. The van der Waals surface area contributed by atoms with Crippen LogP contribution in [0.4, 0.5) is 16.2 Å². The normalized spacial score (nSPS) is 14.8. The fraction of sp³-hybridized carbons (Fsp3) is 0.341. The standard InChI is InChI=1S/C23H24N6O3.C14H18N4O.C13H17N5O.C10H9NO3.C9H18N2O2.C8H7ClN4O.C4H2Cl2N2.C4H6N2O/c1-3-21(30)26-18-6-4-17(5-7-18)23(31)29-11-9-16(14-29)12-20-24-10-8-22(27-20)32-19-13-25-28(2)15-19;1-18-10-12(9-16-18)19-14-6-7-15-13(17-14)8-11-4-2-3-5-11;1-18-9-11(8-16-18)19-13-3-5-15-12(17-13)6-10-2-4-14-7-10;1-2-9(12)11-8-5-3-7(4-6-8)10(13)14;1-9(2,3)13-8(12)11-5-4-7(10)6-11;1-13-5-6(4-11-13)14-7-2-3-10-8(9)12-7;5-3-1-2-7-4(6)8-3;1-6-3-4(7)2-5-6/h3-8,10,13,15-16H,1,9,11-12,14H2,2H3,(H,26,30);6-7,9-11H,2-5,8H2,1H3;3,5,8-10,14H,2,4,6-7H2,1H3;2-6H,1H2,(H,11,12)(H,13,14);7H,4-6,10H2,1-3H3;2-5H,1H3;1-2H;2-3,7H,1H3/t16-;;10-;;7-;;;/m0.0.1.../s1. The number of nitrogens with zero attached hydrogens (tertiary/aromatic N) is 22. The molecular formula is C85H101Cl3N26O12. The van der Waals surface area contributed by atoms with Crippen LogP contribution in [0.3, 0.4) is 0 Å². The van der Waals surface area contributed by atoms with Gasteiger partial charge in [0.05, 0.1) is 67.5 Å². The number of carbonyl (C=O) groups excluding carboxylic acids is 4. The molecule has 12 aromatic rings. The zero-order chi connectivity index (χ0) is 90.5. The van der Waals surface area contributed by atoms with Gasteiger partial charge >= 0.3 is 12.1 Å². The number of carbonyl (C=O) groups is 5. The molecule has 3 saturated heterocycles. The number of benzene rings is 2. The molecule has 1 aliphatic carbocycles. The van der Waals surface area contributed by atoms with E-state index in [2.05, 4.69) is 104 Å². The van der Waals surface area contributed by atoms with Crippen LogP contribution >= 0.6 is 34.8 Å². The number of aromatic hydroxyl groups is 1. The van der Waals surface area contributed by atoms with Gasteiger partial charge in [0, 0.05) is 159 Å². The largest absolute Gasteiger partial charge is 0.505 e. The predicted octanol–water partition coefficient (Wildman–Crippen LogP) is 12.7. The van der Waals surface area contributed by atoms with Crippen LogP contribution in [0, 0.1) is 17.8 Å². The minimum atomic E-state index is -0.994. The van der Waals surface area contributed by atoms with E-state index < -0.39 is 11.6 Å². The number of rotatable bonds is 20. The van der Waals surface area contributed by atoms with E-state index in [0.29, 0.717) is 106 Å². The van der Waals surface area contributed by atoms with Gasteiger partial charge in [-0.1, -0.05) is 50.4 Å². The molecule has 4 fully saturated rings. The van der Waals surface area contributed by atoms with Crippen molar-refractivity contribution in [1.29, 1.82) is 0 Å². The maximum Gasteiger partial charge on any atom is 0.410 e. The number of aromatic carboxylic acids is 1. The van der Waals surface area contributed by atoms with Crippen LogP contribution in [0.5, 0.6) is 52.3 Å². The van der Waals surface area contributed by atoms with Gasteiger partial charge in [-0.3, -0.25) is 37.8 Å². The van der Waals surface area contributed by atoms with Crippen molar-refractivity contribution in [3.8, 4) is 52.3 Å². The number of halogens is 3. The third-order valence-corrected chi connectivity index (χ3v) is 18.8. The highest BCUT2D eigenvalue weighted by Crippen LogP contribution is 2.30. The summed E-state index contributed by atoms with van der Waals surface area (Å²) in [6.45, 7) is 17.1. The topological polar surface area (TPSA) is 459 Å². The summed E-state index contributed by atoms with van der Waals surface area (Å²) in [5, 5.41) is 46.2. The Bertz CT molecular complexity index is 5330. The minimum absolute atomic E-state index is 0.0244. The number of hydrogen-bond donors (Lipinski definition) is 6. The molecule has 3 atom stereocenters. The van der Waals surface area contributed by atoms with Crippen LogP contribution < -0.4 is 40.6 Å². The van der Waals surface area contributed by atoms with Gasteiger partial charge in [0.25, 0.3) is 5.91 Å². The number of aryl methyl sites for hydroxylation is 5. The molecule has 10 aromatic heterocycles. The van der Waals surface area contributed by atoms with E-state index in [1.54, 1.807) is 148 Å². The van der Waals surface area contributed by atoms with Crippen molar-refractivity contribution in [3.63, 3.8) is 0 Å². The number of anilines is 2. The fourth-order valence-electron chi connectivity index (χ4n) is 12.3. The van der Waals surface area contributed by atoms with E-state index in [-0.39, 0.29) is 57.7 Å². The molecule has 13 heterocycles. The maximum absolute atomic E-state index is 12.9. The van der Waals surface area contributed by atoms with Crippen LogP contribution in [-0.4, -0.2) is 199 Å². The Kier molecular flexibility index (Phi) is 37.4. The van der Waals surface area contributed by atoms with E-state index in [9.17, 15) is 24.0 Å². The molecule has 4 amide bonds. The van der Waals surface area contributed by atoms with Gasteiger partial charge in [0.1, 0.15) is 28.2 Å². The average Bonchev–Trinajstić information content (AvgIpc) is 1.66. The summed E-state index contributed by atoms with van der Waals surface area (Å²) < 4.78 is 35.9. The number of aromatic nitrogens is 20. The molecule has 664 valence electrons. The highest BCUT2D eigenvalue weighted by molar-refractivity contribution is 6.31. The van der Waals surface area contributed by atoms with Crippen molar-refractivity contribution >= 4 is 76.0 Å². The molecule has 126 heavy (non-hydrogen) atoms. The fourth-order valence-corrected chi connectivity index (χ4v) is 12.8. The summed E-state index contributed by atoms with van der Waals surface area (Å²) in [5.74, 6) is 7.30. The molecular weight excluding hydrogens is 1680 g/mol. The van der Waals surface area contributed by atoms with Crippen molar-refractivity contribution in [2.45, 2.75) is 96.6 Å². The van der Waals surface area contributed by atoms with Crippen molar-refractivity contribution in [2.75, 3.05) is 49.9 Å². The zero-order valence-electron chi connectivity index (χ0n) is 70.9. The van der Waals surface area contributed by atoms with Gasteiger partial charge in [-0.25, -0.2) is 39.5 Å². The van der Waals surface area contributed by atoms with Crippen molar-refractivity contribution in [2.24, 2.45) is 58.7 Å². The van der Waals surface area contributed by atoms with E-state index in [0.717, 1.165) is 69.0 Å². The van der Waals surface area contributed by atoms with Gasteiger partial charge in [0.15, 0.2) is 28.7 Å². The number of nitrogens with one attached hydrogen (secondary N) is 3. The van der Waals surface area contributed by atoms with Crippen LogP contribution in [-0.2, 0) is 68.8 Å². The first-order valence-electron chi connectivity index (χ1n) is 39.9. The van der Waals surface area contributed by atoms with Gasteiger partial charge in [0.2, 0.25) is 45.9 Å². The summed E-state index contributed by atoms with van der Waals surface area (Å²) in [5.41, 5.74) is 7.20. The van der Waals surface area contributed by atoms with Crippen molar-refractivity contribution in [3.05, 3.63) is 241 Å². The highest BCUT2D eigenvalue weighted by atomic mass is 35.5. The summed E-state index contributed by atoms with van der Waals surface area (Å²) in [4.78, 5) is 102. The Morgan fingerprint density at radius 3 is 1.27 bits per heavy atom. The van der Waals surface area contributed by atoms with Gasteiger partial charge in [-0.2, -0.15) is 45.4 Å².